The first-order chi connectivity index (χ1) is 22.9. The SMILES string of the molecule is CC(C)CN(C[C@@H](O)[C@H](Cc1cc(F)cc(F)c1)NC(=O)OC1CC2COC3OC1CC23)S(=O)(=O)c1ccc2nc(NC3CC3)sc2c1. The third kappa shape index (κ3) is 7.31. The lowest BCUT2D eigenvalue weighted by Crippen LogP contribution is -2.52. The average Bonchev–Trinajstić information content (AvgIpc) is 3.42. The average molecular weight is 707 g/mol. The Morgan fingerprint density at radius 3 is 2.65 bits per heavy atom. The van der Waals surface area contributed by atoms with Gasteiger partial charge in [-0.1, -0.05) is 25.2 Å². The van der Waals surface area contributed by atoms with Crippen molar-refractivity contribution in [2.45, 2.75) is 87.5 Å². The Labute approximate surface area is 282 Å². The first-order valence-corrected chi connectivity index (χ1v) is 18.7. The van der Waals surface area contributed by atoms with E-state index in [1.807, 2.05) is 13.8 Å². The highest BCUT2D eigenvalue weighted by molar-refractivity contribution is 7.89. The van der Waals surface area contributed by atoms with E-state index in [1.165, 1.54) is 21.7 Å². The minimum atomic E-state index is -4.13. The van der Waals surface area contributed by atoms with E-state index in [1.54, 1.807) is 12.1 Å². The Hall–Kier alpha value is -2.95. The molecule has 2 aliphatic carbocycles. The fraction of sp³-hybridized carbons (Fsp3) is 0.576. The first-order valence-electron chi connectivity index (χ1n) is 16.5. The highest BCUT2D eigenvalue weighted by Crippen LogP contribution is 2.47. The fourth-order valence-electron chi connectivity index (χ4n) is 6.97. The lowest BCUT2D eigenvalue weighted by atomic mass is 9.80. The third-order valence-corrected chi connectivity index (χ3v) is 12.2. The number of sulfonamides is 1. The van der Waals surface area contributed by atoms with Crippen molar-refractivity contribution in [3.63, 3.8) is 0 Å². The molecule has 2 aromatic carbocycles. The van der Waals surface area contributed by atoms with Crippen molar-refractivity contribution in [3.8, 4) is 0 Å². The number of aromatic nitrogens is 1. The number of anilines is 1. The molecule has 3 heterocycles. The molecule has 2 aliphatic heterocycles. The molecule has 260 valence electrons. The van der Waals surface area contributed by atoms with Gasteiger partial charge in [0.2, 0.25) is 10.0 Å². The van der Waals surface area contributed by atoms with E-state index in [0.29, 0.717) is 29.3 Å². The summed E-state index contributed by atoms with van der Waals surface area (Å²) in [6, 6.07) is 6.95. The second-order valence-corrected chi connectivity index (χ2v) is 16.8. The molecule has 11 nitrogen and oxygen atoms in total. The van der Waals surface area contributed by atoms with Gasteiger partial charge in [0.05, 0.1) is 40.0 Å². The molecule has 4 aliphatic rings. The topological polar surface area (TPSA) is 139 Å². The van der Waals surface area contributed by atoms with Crippen LogP contribution in [0.5, 0.6) is 0 Å². The highest BCUT2D eigenvalue weighted by Gasteiger charge is 2.54. The Balaban J connectivity index is 1.10. The van der Waals surface area contributed by atoms with Crippen LogP contribution in [0.2, 0.25) is 0 Å². The van der Waals surface area contributed by atoms with Gasteiger partial charge in [0.25, 0.3) is 0 Å². The van der Waals surface area contributed by atoms with Crippen molar-refractivity contribution in [1.29, 1.82) is 0 Å². The van der Waals surface area contributed by atoms with E-state index in [0.717, 1.165) is 42.6 Å². The van der Waals surface area contributed by atoms with Crippen LogP contribution in [-0.2, 0) is 30.7 Å². The Kier molecular flexibility index (Phi) is 9.36. The smallest absolute Gasteiger partial charge is 0.407 e. The van der Waals surface area contributed by atoms with E-state index < -0.39 is 52.5 Å². The lowest BCUT2D eigenvalue weighted by Gasteiger charge is -2.33. The van der Waals surface area contributed by atoms with E-state index in [2.05, 4.69) is 15.6 Å². The Bertz CT molecular complexity index is 1750. The molecule has 1 amide bonds. The Morgan fingerprint density at radius 2 is 1.92 bits per heavy atom. The van der Waals surface area contributed by atoms with Crippen LogP contribution in [0.25, 0.3) is 10.2 Å². The zero-order chi connectivity index (χ0) is 33.7. The van der Waals surface area contributed by atoms with Gasteiger partial charge in [0.15, 0.2) is 11.4 Å². The maximum Gasteiger partial charge on any atom is 0.407 e. The summed E-state index contributed by atoms with van der Waals surface area (Å²) in [5, 5.41) is 18.3. The maximum absolute atomic E-state index is 14.2. The van der Waals surface area contributed by atoms with Gasteiger partial charge in [-0.15, -0.1) is 0 Å². The largest absolute Gasteiger partial charge is 0.443 e. The van der Waals surface area contributed by atoms with E-state index >= 15 is 0 Å². The number of carbonyl (C=O) groups excluding carboxylic acids is 1. The summed E-state index contributed by atoms with van der Waals surface area (Å²) in [6.45, 7) is 3.93. The molecule has 3 aromatic rings. The van der Waals surface area contributed by atoms with Crippen LogP contribution in [0, 0.1) is 29.4 Å². The molecule has 48 heavy (non-hydrogen) atoms. The predicted molar refractivity (Wildman–Crippen MR) is 174 cm³/mol. The molecule has 0 radical (unpaired) electrons. The van der Waals surface area contributed by atoms with Crippen LogP contribution in [0.15, 0.2) is 41.3 Å². The molecule has 15 heteroatoms. The monoisotopic (exact) mass is 706 g/mol. The van der Waals surface area contributed by atoms with Gasteiger partial charge in [0.1, 0.15) is 17.7 Å². The summed E-state index contributed by atoms with van der Waals surface area (Å²) < 4.78 is 75.8. The number of rotatable bonds is 13. The number of fused-ring (bicyclic) bond motifs is 2. The molecule has 7 atom stereocenters. The highest BCUT2D eigenvalue weighted by atomic mass is 32.2. The number of ether oxygens (including phenoxy) is 3. The molecule has 1 aromatic heterocycles. The van der Waals surface area contributed by atoms with E-state index in [-0.39, 0.29) is 53.6 Å². The first kappa shape index (κ1) is 33.5. The normalized spacial score (nSPS) is 26.3. The molecule has 5 unspecified atom stereocenters. The van der Waals surface area contributed by atoms with Crippen LogP contribution in [0.4, 0.5) is 18.7 Å². The van der Waals surface area contributed by atoms with Crippen molar-refractivity contribution in [1.82, 2.24) is 14.6 Å². The number of nitrogens with zero attached hydrogens (tertiary/aromatic N) is 2. The van der Waals surface area contributed by atoms with Crippen LogP contribution in [-0.4, -0.2) is 85.3 Å². The maximum atomic E-state index is 14.2. The second kappa shape index (κ2) is 13.4. The minimum absolute atomic E-state index is 0.0473. The van der Waals surface area contributed by atoms with Crippen LogP contribution in [0.3, 0.4) is 0 Å². The molecule has 7 rings (SSSR count). The number of nitrogens with one attached hydrogen (secondary N) is 2. The van der Waals surface area contributed by atoms with Gasteiger partial charge in [-0.3, -0.25) is 0 Å². The standard InChI is InChI=1S/C33H40F2N4O7S2/c1-17(2)14-39(48(42,43)23-5-6-25-30(12-23)47-32(37-25)36-22-3-4-22)15-27(40)26(9-18-7-20(34)11-21(35)8-18)38-33(41)46-28-10-19-16-44-31-24(19)13-29(28)45-31/h5-8,11-12,17,19,22,24,26-29,31,40H,3-4,9-10,13-16H2,1-2H3,(H,36,37)(H,38,41)/t19?,24?,26-,27+,28?,29?,31?/m0/s1. The van der Waals surface area contributed by atoms with Crippen molar-refractivity contribution in [2.75, 3.05) is 25.0 Å². The molecular weight excluding hydrogens is 667 g/mol. The van der Waals surface area contributed by atoms with E-state index in [4.69, 9.17) is 14.2 Å². The van der Waals surface area contributed by atoms with Gasteiger partial charge in [-0.2, -0.15) is 4.31 Å². The number of carbonyl (C=O) groups is 1. The summed E-state index contributed by atoms with van der Waals surface area (Å²) in [5.74, 6) is -1.24. The van der Waals surface area contributed by atoms with Gasteiger partial charge in [0, 0.05) is 31.1 Å². The van der Waals surface area contributed by atoms with E-state index in [9.17, 15) is 27.1 Å². The van der Waals surface area contributed by atoms with Crippen LogP contribution in [0.1, 0.15) is 45.1 Å². The van der Waals surface area contributed by atoms with Gasteiger partial charge in [-0.05, 0) is 79.8 Å². The molecule has 2 saturated heterocycles. The minimum Gasteiger partial charge on any atom is -0.443 e. The zero-order valence-corrected chi connectivity index (χ0v) is 28.3. The zero-order valence-electron chi connectivity index (χ0n) is 26.7. The number of thiazole rings is 1. The summed E-state index contributed by atoms with van der Waals surface area (Å²) in [7, 11) is -4.13. The molecule has 2 bridgehead atoms. The number of aliphatic hydroxyl groups is 1. The summed E-state index contributed by atoms with van der Waals surface area (Å²) in [6.07, 6.45) is -0.171. The Morgan fingerprint density at radius 1 is 1.15 bits per heavy atom. The van der Waals surface area contributed by atoms with Gasteiger partial charge in [-0.25, -0.2) is 27.0 Å². The number of hydrogen-bond donors (Lipinski definition) is 3. The number of alkyl carbamates (subject to hydrolysis) is 1. The van der Waals surface area contributed by atoms with Crippen molar-refractivity contribution >= 4 is 42.8 Å². The lowest BCUT2D eigenvalue weighted by molar-refractivity contribution is -0.147. The molecule has 4 fully saturated rings. The number of hydrogen-bond acceptors (Lipinski definition) is 10. The molecule has 0 spiro atoms. The predicted octanol–water partition coefficient (Wildman–Crippen LogP) is 4.64. The van der Waals surface area contributed by atoms with Crippen molar-refractivity contribution in [3.05, 3.63) is 53.6 Å². The second-order valence-electron chi connectivity index (χ2n) is 13.8. The fourth-order valence-corrected chi connectivity index (χ4v) is 9.67. The van der Waals surface area contributed by atoms with Crippen molar-refractivity contribution < 1.29 is 41.3 Å². The van der Waals surface area contributed by atoms with Gasteiger partial charge >= 0.3 is 6.09 Å². The molecular formula is C33H40F2N4O7S2. The summed E-state index contributed by atoms with van der Waals surface area (Å²) in [4.78, 5) is 17.9. The summed E-state index contributed by atoms with van der Waals surface area (Å²) in [5.41, 5.74) is 0.856. The van der Waals surface area contributed by atoms with Gasteiger partial charge < -0.3 is 30.0 Å². The summed E-state index contributed by atoms with van der Waals surface area (Å²) >= 11 is 1.38. The molecule has 3 N–H and O–H groups in total. The van der Waals surface area contributed by atoms with Crippen molar-refractivity contribution in [2.24, 2.45) is 17.8 Å². The number of amides is 1. The number of aliphatic hydroxyl groups excluding tert-OH is 1. The van der Waals surface area contributed by atoms with Crippen LogP contribution >= 0.6 is 11.3 Å². The molecule has 2 saturated carbocycles. The third-order valence-electron chi connectivity index (χ3n) is 9.46. The number of benzene rings is 2. The number of halogens is 2. The van der Waals surface area contributed by atoms with Crippen LogP contribution < -0.4 is 10.6 Å². The quantitative estimate of drug-likeness (QED) is 0.232.